The Kier molecular flexibility index (Phi) is 3.08. The molecule has 1 atom stereocenters. The van der Waals surface area contributed by atoms with E-state index in [4.69, 9.17) is 4.52 Å². The van der Waals surface area contributed by atoms with Gasteiger partial charge in [-0.15, -0.1) is 0 Å². The molecule has 1 fully saturated rings. The molecule has 0 amide bonds. The molecule has 0 aromatic carbocycles. The summed E-state index contributed by atoms with van der Waals surface area (Å²) in [4.78, 5) is 4.19. The van der Waals surface area contributed by atoms with Gasteiger partial charge in [0.25, 0.3) is 0 Å². The first-order valence-corrected chi connectivity index (χ1v) is 6.17. The minimum absolute atomic E-state index is 0.294. The first-order valence-electron chi connectivity index (χ1n) is 4.78. The van der Waals surface area contributed by atoms with Crippen LogP contribution in [0.25, 0.3) is 0 Å². The maximum Gasteiger partial charge on any atom is 0.229 e. The van der Waals surface area contributed by atoms with Gasteiger partial charge in [-0.1, -0.05) is 5.16 Å². The Hall–Kier alpha value is -0.550. The van der Waals surface area contributed by atoms with E-state index >= 15 is 0 Å². The molecule has 0 spiro atoms. The van der Waals surface area contributed by atoms with Gasteiger partial charge in [-0.3, -0.25) is 0 Å². The van der Waals surface area contributed by atoms with Crippen LogP contribution in [0.2, 0.25) is 0 Å². The number of nitrogens with zero attached hydrogens (tertiary/aromatic N) is 2. The molecule has 1 aromatic heterocycles. The van der Waals surface area contributed by atoms with Crippen LogP contribution >= 0.6 is 11.8 Å². The SMILES string of the molecule is CSCc1noc(CC(O)C2CC2)n1. The van der Waals surface area contributed by atoms with Gasteiger partial charge in [0.05, 0.1) is 18.3 Å². The second-order valence-corrected chi connectivity index (χ2v) is 4.51. The molecule has 0 bridgehead atoms. The minimum Gasteiger partial charge on any atom is -0.392 e. The third-order valence-electron chi connectivity index (χ3n) is 2.33. The van der Waals surface area contributed by atoms with Crippen LogP contribution in [-0.4, -0.2) is 27.6 Å². The zero-order valence-electron chi connectivity index (χ0n) is 8.14. The van der Waals surface area contributed by atoms with E-state index in [1.54, 1.807) is 11.8 Å². The molecule has 1 heterocycles. The number of hydrogen-bond donors (Lipinski definition) is 1. The van der Waals surface area contributed by atoms with Crippen molar-refractivity contribution in [3.8, 4) is 0 Å². The quantitative estimate of drug-likeness (QED) is 0.799. The number of thioether (sulfide) groups is 1. The van der Waals surface area contributed by atoms with Crippen molar-refractivity contribution in [3.63, 3.8) is 0 Å². The van der Waals surface area contributed by atoms with Crippen molar-refractivity contribution in [2.24, 2.45) is 5.92 Å². The van der Waals surface area contributed by atoms with E-state index in [9.17, 15) is 5.11 Å². The molecule has 1 aromatic rings. The van der Waals surface area contributed by atoms with Gasteiger partial charge in [0, 0.05) is 0 Å². The predicted molar refractivity (Wildman–Crippen MR) is 54.0 cm³/mol. The first kappa shape index (κ1) is 9.98. The summed E-state index contributed by atoms with van der Waals surface area (Å²) < 4.78 is 5.03. The summed E-state index contributed by atoms with van der Waals surface area (Å²) in [7, 11) is 0. The summed E-state index contributed by atoms with van der Waals surface area (Å²) in [5, 5.41) is 13.5. The second kappa shape index (κ2) is 4.31. The topological polar surface area (TPSA) is 59.2 Å². The number of aliphatic hydroxyl groups excluding tert-OH is 1. The average molecular weight is 214 g/mol. The molecule has 1 unspecified atom stereocenters. The van der Waals surface area contributed by atoms with Gasteiger partial charge < -0.3 is 9.63 Å². The molecule has 1 aliphatic carbocycles. The lowest BCUT2D eigenvalue weighted by Crippen LogP contribution is -2.12. The lowest BCUT2D eigenvalue weighted by Gasteiger charge is -2.03. The number of aliphatic hydroxyl groups is 1. The van der Waals surface area contributed by atoms with Crippen LogP contribution in [-0.2, 0) is 12.2 Å². The van der Waals surface area contributed by atoms with E-state index < -0.39 is 0 Å². The van der Waals surface area contributed by atoms with E-state index in [0.29, 0.717) is 18.2 Å². The minimum atomic E-state index is -0.294. The van der Waals surface area contributed by atoms with Crippen LogP contribution in [0.5, 0.6) is 0 Å². The fourth-order valence-corrected chi connectivity index (χ4v) is 1.76. The van der Waals surface area contributed by atoms with Crippen molar-refractivity contribution in [2.75, 3.05) is 6.26 Å². The highest BCUT2D eigenvalue weighted by Crippen LogP contribution is 2.33. The Labute approximate surface area is 87.1 Å². The molecule has 78 valence electrons. The summed E-state index contributed by atoms with van der Waals surface area (Å²) in [5.41, 5.74) is 0. The summed E-state index contributed by atoms with van der Waals surface area (Å²) in [6.45, 7) is 0. The Balaban J connectivity index is 1.88. The van der Waals surface area contributed by atoms with Gasteiger partial charge >= 0.3 is 0 Å². The number of rotatable bonds is 5. The summed E-state index contributed by atoms with van der Waals surface area (Å²) in [5.74, 6) is 2.51. The van der Waals surface area contributed by atoms with Crippen molar-refractivity contribution in [2.45, 2.75) is 31.1 Å². The van der Waals surface area contributed by atoms with E-state index in [1.807, 2.05) is 6.26 Å². The molecule has 14 heavy (non-hydrogen) atoms. The second-order valence-electron chi connectivity index (χ2n) is 3.65. The zero-order valence-corrected chi connectivity index (χ0v) is 8.96. The van der Waals surface area contributed by atoms with Crippen LogP contribution < -0.4 is 0 Å². The van der Waals surface area contributed by atoms with E-state index in [-0.39, 0.29) is 6.10 Å². The highest BCUT2D eigenvalue weighted by molar-refractivity contribution is 7.97. The van der Waals surface area contributed by atoms with Crippen molar-refractivity contribution in [1.82, 2.24) is 10.1 Å². The Morgan fingerprint density at radius 3 is 3.07 bits per heavy atom. The lowest BCUT2D eigenvalue weighted by atomic mass is 10.2. The van der Waals surface area contributed by atoms with Gasteiger partial charge in [0.1, 0.15) is 0 Å². The third kappa shape index (κ3) is 2.48. The van der Waals surface area contributed by atoms with Crippen LogP contribution in [0, 0.1) is 5.92 Å². The molecule has 1 saturated carbocycles. The molecule has 4 nitrogen and oxygen atoms in total. The third-order valence-corrected chi connectivity index (χ3v) is 2.88. The van der Waals surface area contributed by atoms with Crippen LogP contribution in [0.1, 0.15) is 24.6 Å². The Morgan fingerprint density at radius 2 is 2.43 bits per heavy atom. The van der Waals surface area contributed by atoms with E-state index in [2.05, 4.69) is 10.1 Å². The van der Waals surface area contributed by atoms with Gasteiger partial charge in [-0.05, 0) is 25.0 Å². The monoisotopic (exact) mass is 214 g/mol. The Bertz CT molecular complexity index is 299. The predicted octanol–water partition coefficient (Wildman–Crippen LogP) is 1.25. The van der Waals surface area contributed by atoms with Crippen molar-refractivity contribution in [3.05, 3.63) is 11.7 Å². The van der Waals surface area contributed by atoms with E-state index in [1.165, 1.54) is 0 Å². The Morgan fingerprint density at radius 1 is 1.64 bits per heavy atom. The summed E-state index contributed by atoms with van der Waals surface area (Å²) in [6.07, 6.45) is 4.47. The maximum atomic E-state index is 9.65. The summed E-state index contributed by atoms with van der Waals surface area (Å²) in [6, 6.07) is 0. The van der Waals surface area contributed by atoms with Crippen molar-refractivity contribution in [1.29, 1.82) is 0 Å². The fraction of sp³-hybridized carbons (Fsp3) is 0.778. The van der Waals surface area contributed by atoms with Crippen molar-refractivity contribution < 1.29 is 9.63 Å². The fourth-order valence-electron chi connectivity index (χ4n) is 1.39. The van der Waals surface area contributed by atoms with Gasteiger partial charge in [0.15, 0.2) is 5.82 Å². The van der Waals surface area contributed by atoms with Crippen molar-refractivity contribution >= 4 is 11.8 Å². The smallest absolute Gasteiger partial charge is 0.229 e. The van der Waals surface area contributed by atoms with E-state index in [0.717, 1.165) is 24.4 Å². The number of aromatic nitrogens is 2. The maximum absolute atomic E-state index is 9.65. The largest absolute Gasteiger partial charge is 0.392 e. The molecule has 0 saturated heterocycles. The zero-order chi connectivity index (χ0) is 9.97. The molecule has 0 radical (unpaired) electrons. The lowest BCUT2D eigenvalue weighted by molar-refractivity contribution is 0.140. The molecule has 5 heteroatoms. The summed E-state index contributed by atoms with van der Waals surface area (Å²) >= 11 is 1.66. The first-order chi connectivity index (χ1) is 6.79. The van der Waals surface area contributed by atoms with Crippen LogP contribution in [0.15, 0.2) is 4.52 Å². The van der Waals surface area contributed by atoms with Gasteiger partial charge in [-0.25, -0.2) is 0 Å². The van der Waals surface area contributed by atoms with Gasteiger partial charge in [0.2, 0.25) is 5.89 Å². The van der Waals surface area contributed by atoms with Gasteiger partial charge in [-0.2, -0.15) is 16.7 Å². The molecule has 0 aliphatic heterocycles. The molecule has 1 N–H and O–H groups in total. The molecular formula is C9H14N2O2S. The van der Waals surface area contributed by atoms with Crippen LogP contribution in [0.3, 0.4) is 0 Å². The normalized spacial score (nSPS) is 18.4. The number of hydrogen-bond acceptors (Lipinski definition) is 5. The highest BCUT2D eigenvalue weighted by atomic mass is 32.2. The average Bonchev–Trinajstić information content (AvgIpc) is 2.92. The van der Waals surface area contributed by atoms with Crippen LogP contribution in [0.4, 0.5) is 0 Å². The molecule has 2 rings (SSSR count). The molecular weight excluding hydrogens is 200 g/mol. The molecule has 1 aliphatic rings. The highest BCUT2D eigenvalue weighted by Gasteiger charge is 2.30. The standard InChI is InChI=1S/C9H14N2O2S/c1-14-5-8-10-9(13-11-8)4-7(12)6-2-3-6/h6-7,12H,2-5H2,1H3.